The summed E-state index contributed by atoms with van der Waals surface area (Å²) in [5.41, 5.74) is 4.83. The largest absolute Gasteiger partial charge is 0.341 e. The van der Waals surface area contributed by atoms with Crippen LogP contribution in [-0.2, 0) is 0 Å². The van der Waals surface area contributed by atoms with Crippen LogP contribution < -0.4 is 0 Å². The minimum Gasteiger partial charge on any atom is -0.341 e. The van der Waals surface area contributed by atoms with E-state index in [0.717, 1.165) is 33.8 Å². The zero-order chi connectivity index (χ0) is 11.1. The highest BCUT2D eigenvalue weighted by atomic mass is 15.1. The van der Waals surface area contributed by atoms with Gasteiger partial charge in [0.2, 0.25) is 0 Å². The normalized spacial score (nSPS) is 11.1. The van der Waals surface area contributed by atoms with Crippen molar-refractivity contribution in [3.8, 4) is 11.3 Å². The van der Waals surface area contributed by atoms with Gasteiger partial charge in [-0.1, -0.05) is 0 Å². The third-order valence-electron chi connectivity index (χ3n) is 2.57. The number of pyridine rings is 1. The van der Waals surface area contributed by atoms with Gasteiger partial charge in [-0.25, -0.2) is 9.97 Å². The molecule has 3 aromatic heterocycles. The number of aromatic amines is 2. The van der Waals surface area contributed by atoms with Crippen LogP contribution in [0.3, 0.4) is 0 Å². The lowest BCUT2D eigenvalue weighted by atomic mass is 10.1. The summed E-state index contributed by atoms with van der Waals surface area (Å²) < 4.78 is 0. The predicted molar refractivity (Wildman–Crippen MR) is 60.9 cm³/mol. The summed E-state index contributed by atoms with van der Waals surface area (Å²) >= 11 is 0. The van der Waals surface area contributed by atoms with Gasteiger partial charge in [0.15, 0.2) is 5.65 Å². The van der Waals surface area contributed by atoms with E-state index >= 15 is 0 Å². The lowest BCUT2D eigenvalue weighted by Gasteiger charge is -1.98. The number of hydrogen-bond acceptors (Lipinski definition) is 3. The van der Waals surface area contributed by atoms with E-state index < -0.39 is 0 Å². The molecule has 3 aromatic rings. The molecule has 0 amide bonds. The average Bonchev–Trinajstić information content (AvgIpc) is 2.81. The van der Waals surface area contributed by atoms with Crippen LogP contribution in [0.1, 0.15) is 11.4 Å². The number of rotatable bonds is 1. The molecule has 0 bridgehead atoms. The lowest BCUT2D eigenvalue weighted by Crippen LogP contribution is -1.84. The second-order valence-electron chi connectivity index (χ2n) is 3.85. The fourth-order valence-electron chi connectivity index (χ4n) is 1.80. The quantitative estimate of drug-likeness (QED) is 0.649. The Balaban J connectivity index is 2.22. The van der Waals surface area contributed by atoms with Gasteiger partial charge in [-0.05, 0) is 25.5 Å². The van der Waals surface area contributed by atoms with E-state index in [1.54, 1.807) is 6.20 Å². The number of aromatic nitrogens is 5. The number of nitrogens with zero attached hydrogens (tertiary/aromatic N) is 3. The minimum atomic E-state index is 0.749. The van der Waals surface area contributed by atoms with Crippen LogP contribution in [0.5, 0.6) is 0 Å². The third-order valence-corrected chi connectivity index (χ3v) is 2.57. The molecule has 0 saturated carbocycles. The van der Waals surface area contributed by atoms with E-state index in [9.17, 15) is 0 Å². The van der Waals surface area contributed by atoms with Crippen LogP contribution in [0.15, 0.2) is 18.5 Å². The molecule has 0 unspecified atom stereocenters. The van der Waals surface area contributed by atoms with E-state index in [-0.39, 0.29) is 0 Å². The zero-order valence-corrected chi connectivity index (χ0v) is 9.07. The molecule has 0 spiro atoms. The summed E-state index contributed by atoms with van der Waals surface area (Å²) in [6.45, 7) is 3.93. The molecule has 0 aliphatic carbocycles. The van der Waals surface area contributed by atoms with E-state index in [2.05, 4.69) is 25.1 Å². The Bertz CT molecular complexity index is 649. The Labute approximate surface area is 91.9 Å². The average molecular weight is 213 g/mol. The molecule has 80 valence electrons. The van der Waals surface area contributed by atoms with Crippen LogP contribution in [0, 0.1) is 13.8 Å². The van der Waals surface area contributed by atoms with Crippen molar-refractivity contribution >= 4 is 11.2 Å². The van der Waals surface area contributed by atoms with Gasteiger partial charge in [0, 0.05) is 11.8 Å². The standard InChI is InChI=1S/C11H11N5/c1-6-4-13-16-10(6)8-3-9-11(12-5-8)15-7(2)14-9/h3-5H,1-2H3,(H,13,16)(H,12,14,15). The molecular weight excluding hydrogens is 202 g/mol. The second-order valence-corrected chi connectivity index (χ2v) is 3.85. The second kappa shape index (κ2) is 3.16. The Morgan fingerprint density at radius 1 is 1.19 bits per heavy atom. The highest BCUT2D eigenvalue weighted by Crippen LogP contribution is 2.22. The van der Waals surface area contributed by atoms with Crippen LogP contribution in [0.4, 0.5) is 0 Å². The summed E-state index contributed by atoms with van der Waals surface area (Å²) in [7, 11) is 0. The van der Waals surface area contributed by atoms with Gasteiger partial charge >= 0.3 is 0 Å². The molecule has 5 heteroatoms. The third kappa shape index (κ3) is 1.29. The molecule has 0 aromatic carbocycles. The number of nitrogens with one attached hydrogen (secondary N) is 2. The summed E-state index contributed by atoms with van der Waals surface area (Å²) in [4.78, 5) is 11.7. The van der Waals surface area contributed by atoms with Crippen LogP contribution >= 0.6 is 0 Å². The maximum Gasteiger partial charge on any atom is 0.177 e. The zero-order valence-electron chi connectivity index (χ0n) is 9.07. The number of fused-ring (bicyclic) bond motifs is 1. The van der Waals surface area contributed by atoms with Crippen molar-refractivity contribution in [3.05, 3.63) is 29.8 Å². The van der Waals surface area contributed by atoms with Crippen molar-refractivity contribution in [1.82, 2.24) is 25.1 Å². The van der Waals surface area contributed by atoms with Crippen molar-refractivity contribution in [1.29, 1.82) is 0 Å². The van der Waals surface area contributed by atoms with Crippen molar-refractivity contribution in [2.75, 3.05) is 0 Å². The number of aryl methyl sites for hydroxylation is 2. The molecule has 0 aliphatic rings. The summed E-state index contributed by atoms with van der Waals surface area (Å²) in [6.07, 6.45) is 3.61. The van der Waals surface area contributed by atoms with E-state index in [1.165, 1.54) is 0 Å². The first-order valence-corrected chi connectivity index (χ1v) is 5.07. The first-order chi connectivity index (χ1) is 7.74. The molecule has 5 nitrogen and oxygen atoms in total. The molecule has 0 atom stereocenters. The smallest absolute Gasteiger partial charge is 0.177 e. The van der Waals surface area contributed by atoms with Gasteiger partial charge in [0.1, 0.15) is 5.82 Å². The molecule has 2 N–H and O–H groups in total. The molecule has 0 radical (unpaired) electrons. The summed E-state index contributed by atoms with van der Waals surface area (Å²) in [5.74, 6) is 0.876. The van der Waals surface area contributed by atoms with Crippen molar-refractivity contribution in [2.24, 2.45) is 0 Å². The Kier molecular flexibility index (Phi) is 1.80. The number of hydrogen-bond donors (Lipinski definition) is 2. The molecule has 3 heterocycles. The first kappa shape index (κ1) is 9.08. The van der Waals surface area contributed by atoms with Crippen LogP contribution in [0.2, 0.25) is 0 Å². The molecular formula is C11H11N5. The van der Waals surface area contributed by atoms with Gasteiger partial charge in [-0.15, -0.1) is 0 Å². The predicted octanol–water partition coefficient (Wildman–Crippen LogP) is 1.96. The van der Waals surface area contributed by atoms with Gasteiger partial charge < -0.3 is 4.98 Å². The highest BCUT2D eigenvalue weighted by molar-refractivity contribution is 5.77. The fourth-order valence-corrected chi connectivity index (χ4v) is 1.80. The van der Waals surface area contributed by atoms with E-state index in [1.807, 2.05) is 26.1 Å². The molecule has 0 saturated heterocycles. The van der Waals surface area contributed by atoms with Crippen molar-refractivity contribution in [2.45, 2.75) is 13.8 Å². The molecule has 16 heavy (non-hydrogen) atoms. The van der Waals surface area contributed by atoms with E-state index in [0.29, 0.717) is 0 Å². The molecule has 0 fully saturated rings. The lowest BCUT2D eigenvalue weighted by molar-refractivity contribution is 1.09. The van der Waals surface area contributed by atoms with Gasteiger partial charge in [0.05, 0.1) is 17.4 Å². The summed E-state index contributed by atoms with van der Waals surface area (Å²) in [6, 6.07) is 2.03. The Hall–Kier alpha value is -2.17. The first-order valence-electron chi connectivity index (χ1n) is 5.07. The Morgan fingerprint density at radius 3 is 2.81 bits per heavy atom. The van der Waals surface area contributed by atoms with Gasteiger partial charge in [-0.3, -0.25) is 5.10 Å². The fraction of sp³-hybridized carbons (Fsp3) is 0.182. The number of H-pyrrole nitrogens is 2. The molecule has 0 aliphatic heterocycles. The highest BCUT2D eigenvalue weighted by Gasteiger charge is 2.07. The summed E-state index contributed by atoms with van der Waals surface area (Å²) in [5, 5.41) is 6.97. The SMILES string of the molecule is Cc1nc2ncc(-c3[nH]ncc3C)cc2[nH]1. The molecule has 3 rings (SSSR count). The van der Waals surface area contributed by atoms with Gasteiger partial charge in [-0.2, -0.15) is 5.10 Å². The van der Waals surface area contributed by atoms with Crippen molar-refractivity contribution in [3.63, 3.8) is 0 Å². The minimum absolute atomic E-state index is 0.749. The van der Waals surface area contributed by atoms with Crippen LogP contribution in [0.25, 0.3) is 22.4 Å². The van der Waals surface area contributed by atoms with Crippen molar-refractivity contribution < 1.29 is 0 Å². The Morgan fingerprint density at radius 2 is 2.06 bits per heavy atom. The maximum atomic E-state index is 4.31. The van der Waals surface area contributed by atoms with Gasteiger partial charge in [0.25, 0.3) is 0 Å². The number of imidazole rings is 1. The van der Waals surface area contributed by atoms with Crippen LogP contribution in [-0.4, -0.2) is 25.1 Å². The van der Waals surface area contributed by atoms with E-state index in [4.69, 9.17) is 0 Å². The maximum absolute atomic E-state index is 4.31. The topological polar surface area (TPSA) is 70.2 Å². The monoisotopic (exact) mass is 213 g/mol.